The molecule has 7 heteroatoms. The van der Waals surface area contributed by atoms with Crippen LogP contribution in [0.3, 0.4) is 0 Å². The first-order valence-corrected chi connectivity index (χ1v) is 11.5. The molecule has 1 aliphatic rings. The van der Waals surface area contributed by atoms with E-state index >= 15 is 0 Å². The second kappa shape index (κ2) is 8.94. The molecule has 0 unspecified atom stereocenters. The van der Waals surface area contributed by atoms with Gasteiger partial charge in [-0.05, 0) is 0 Å². The summed E-state index contributed by atoms with van der Waals surface area (Å²) in [5.41, 5.74) is 9.10. The van der Waals surface area contributed by atoms with Crippen LogP contribution in [0.5, 0.6) is 11.5 Å². The van der Waals surface area contributed by atoms with E-state index in [-0.39, 0.29) is 38.6 Å². The number of phenols is 1. The van der Waals surface area contributed by atoms with Gasteiger partial charge in [-0.1, -0.05) is 0 Å². The molecule has 0 atom stereocenters. The third-order valence-corrected chi connectivity index (χ3v) is 6.79. The third kappa shape index (κ3) is 4.53. The van der Waals surface area contributed by atoms with Gasteiger partial charge in [-0.2, -0.15) is 0 Å². The average molecular weight is 472 g/mol. The molecule has 0 heterocycles. The predicted molar refractivity (Wildman–Crippen MR) is 124 cm³/mol. The molecule has 0 amide bonds. The number of nitrogen functional groups attached to an aromatic ring is 1. The number of allylic oxidation sites excluding steroid dienone is 2. The summed E-state index contributed by atoms with van der Waals surface area (Å²) in [4.78, 5) is 17.4. The fraction of sp³-hybridized carbons (Fsp3) is 0.304. The van der Waals surface area contributed by atoms with Gasteiger partial charge < -0.3 is 0 Å². The van der Waals surface area contributed by atoms with Crippen molar-refractivity contribution in [3.05, 3.63) is 47.5 Å². The van der Waals surface area contributed by atoms with Gasteiger partial charge in [0.05, 0.1) is 0 Å². The maximum absolute atomic E-state index is 12.7. The number of carbonyl (C=O) groups excluding carboxylic acids is 1. The number of phenolic OH excluding ortho intramolecular Hbond substituents is 1. The number of benzene rings is 2. The normalized spacial score (nSPS) is 14.5. The van der Waals surface area contributed by atoms with Crippen molar-refractivity contribution in [1.82, 2.24) is 0 Å². The number of carbonyl (C=O) groups is 1. The second-order valence-corrected chi connectivity index (χ2v) is 9.91. The van der Waals surface area contributed by atoms with Crippen LogP contribution >= 0.6 is 0 Å². The molecule has 3 rings (SSSR count). The number of ether oxygens (including phenoxy) is 1. The monoisotopic (exact) mass is 473 g/mol. The van der Waals surface area contributed by atoms with Crippen molar-refractivity contribution in [2.45, 2.75) is 39.8 Å². The van der Waals surface area contributed by atoms with Crippen LogP contribution < -0.4 is 24.7 Å². The Kier molecular flexibility index (Phi) is 6.54. The number of rotatable bonds is 6. The second-order valence-electron chi connectivity index (χ2n) is 7.63. The van der Waals surface area contributed by atoms with Crippen LogP contribution in [0.15, 0.2) is 41.4 Å². The van der Waals surface area contributed by atoms with E-state index in [4.69, 9.17) is 10.5 Å². The molecule has 0 spiro atoms. The summed E-state index contributed by atoms with van der Waals surface area (Å²) in [5, 5.41) is 14.6. The van der Waals surface area contributed by atoms with Crippen molar-refractivity contribution in [3.8, 4) is 11.5 Å². The molecule has 30 heavy (non-hydrogen) atoms. The van der Waals surface area contributed by atoms with E-state index in [1.807, 2.05) is 45.9 Å². The SMILES string of the molecule is COc1ccc([Se]c2cc(NC(C)C)c3c(c2O)C(=NC(C)C)C=CC3=O)c(N)c1. The standard InChI is InChI=1S/C23H27N3O3Se/c1-12(2)25-16-7-8-18(27)21-17(26-13(3)4)11-20(23(28)22(16)21)30-19-9-6-14(29-5)10-15(19)24/h6-13,26,28H,24H2,1-5H3. The van der Waals surface area contributed by atoms with Crippen LogP contribution in [-0.4, -0.2) is 50.8 Å². The summed E-state index contributed by atoms with van der Waals surface area (Å²) >= 11 is -0.282. The molecular weight excluding hydrogens is 445 g/mol. The van der Waals surface area contributed by atoms with Gasteiger partial charge in [0, 0.05) is 0 Å². The number of aromatic hydroxyl groups is 1. The first-order valence-electron chi connectivity index (χ1n) is 9.79. The van der Waals surface area contributed by atoms with Crippen molar-refractivity contribution in [2.75, 3.05) is 18.2 Å². The van der Waals surface area contributed by atoms with Crippen molar-refractivity contribution < 1.29 is 14.6 Å². The van der Waals surface area contributed by atoms with E-state index in [1.54, 1.807) is 19.3 Å². The minimum atomic E-state index is -0.282. The number of methoxy groups -OCH3 is 1. The Morgan fingerprint density at radius 2 is 1.83 bits per heavy atom. The molecule has 2 aromatic rings. The predicted octanol–water partition coefficient (Wildman–Crippen LogP) is 2.41. The molecule has 1 aliphatic carbocycles. The number of anilines is 2. The summed E-state index contributed by atoms with van der Waals surface area (Å²) in [5.74, 6) is 0.631. The molecule has 0 saturated heterocycles. The number of aliphatic imine (C=N–C) groups is 1. The Labute approximate surface area is 183 Å². The van der Waals surface area contributed by atoms with Gasteiger partial charge in [0.25, 0.3) is 0 Å². The Balaban J connectivity index is 2.19. The van der Waals surface area contributed by atoms with Crippen LogP contribution in [0.2, 0.25) is 0 Å². The molecule has 0 bridgehead atoms. The first-order chi connectivity index (χ1) is 14.2. The van der Waals surface area contributed by atoms with Gasteiger partial charge >= 0.3 is 183 Å². The molecule has 0 fully saturated rings. The van der Waals surface area contributed by atoms with Crippen LogP contribution in [0, 0.1) is 0 Å². The molecule has 4 N–H and O–H groups in total. The van der Waals surface area contributed by atoms with E-state index in [1.165, 1.54) is 6.08 Å². The Hall–Kier alpha value is -2.76. The molecule has 158 valence electrons. The number of hydrogen-bond acceptors (Lipinski definition) is 6. The topological polar surface area (TPSA) is 96.9 Å². The quantitative estimate of drug-likeness (QED) is 0.341. The van der Waals surface area contributed by atoms with E-state index in [9.17, 15) is 9.90 Å². The van der Waals surface area contributed by atoms with E-state index < -0.39 is 0 Å². The molecule has 0 radical (unpaired) electrons. The van der Waals surface area contributed by atoms with Crippen molar-refractivity contribution in [2.24, 2.45) is 4.99 Å². The number of nitrogens with two attached hydrogens (primary N) is 1. The molecule has 6 nitrogen and oxygen atoms in total. The van der Waals surface area contributed by atoms with Crippen molar-refractivity contribution >= 4 is 46.8 Å². The Bertz CT molecular complexity index is 1040. The van der Waals surface area contributed by atoms with Gasteiger partial charge in [0.1, 0.15) is 0 Å². The zero-order chi connectivity index (χ0) is 22.0. The number of fused-ring (bicyclic) bond motifs is 1. The van der Waals surface area contributed by atoms with Crippen molar-refractivity contribution in [1.29, 1.82) is 0 Å². The van der Waals surface area contributed by atoms with Gasteiger partial charge in [-0.15, -0.1) is 0 Å². The fourth-order valence-corrected chi connectivity index (χ4v) is 5.17. The van der Waals surface area contributed by atoms with Gasteiger partial charge in [-0.25, -0.2) is 0 Å². The van der Waals surface area contributed by atoms with Gasteiger partial charge in [0.2, 0.25) is 0 Å². The minimum absolute atomic E-state index is 0.0259. The summed E-state index contributed by atoms with van der Waals surface area (Å²) < 4.78 is 6.89. The average Bonchev–Trinajstić information content (AvgIpc) is 2.67. The van der Waals surface area contributed by atoms with Crippen LogP contribution in [0.1, 0.15) is 43.6 Å². The van der Waals surface area contributed by atoms with Crippen LogP contribution in [0.4, 0.5) is 11.4 Å². The van der Waals surface area contributed by atoms with Gasteiger partial charge in [0.15, 0.2) is 0 Å². The summed E-state index contributed by atoms with van der Waals surface area (Å²) in [7, 11) is 1.60. The summed E-state index contributed by atoms with van der Waals surface area (Å²) in [6.07, 6.45) is 3.20. The summed E-state index contributed by atoms with van der Waals surface area (Å²) in [6, 6.07) is 7.55. The van der Waals surface area contributed by atoms with Crippen LogP contribution in [-0.2, 0) is 0 Å². The van der Waals surface area contributed by atoms with Gasteiger partial charge in [-0.3, -0.25) is 0 Å². The van der Waals surface area contributed by atoms with E-state index in [0.717, 1.165) is 8.92 Å². The molecule has 0 aromatic heterocycles. The summed E-state index contributed by atoms with van der Waals surface area (Å²) in [6.45, 7) is 7.95. The van der Waals surface area contributed by atoms with E-state index in [2.05, 4.69) is 10.3 Å². The number of nitrogens with zero attached hydrogens (tertiary/aromatic N) is 1. The fourth-order valence-electron chi connectivity index (χ4n) is 3.23. The zero-order valence-electron chi connectivity index (χ0n) is 17.8. The van der Waals surface area contributed by atoms with Crippen molar-refractivity contribution in [3.63, 3.8) is 0 Å². The third-order valence-electron chi connectivity index (χ3n) is 4.44. The number of hydrogen-bond donors (Lipinski definition) is 3. The number of nitrogens with one attached hydrogen (secondary N) is 1. The van der Waals surface area contributed by atoms with Crippen LogP contribution in [0.25, 0.3) is 0 Å². The molecule has 2 aromatic carbocycles. The molecule has 0 saturated carbocycles. The Morgan fingerprint density at radius 3 is 2.43 bits per heavy atom. The van der Waals surface area contributed by atoms with E-state index in [0.29, 0.717) is 34.0 Å². The number of ketones is 1. The molecule has 0 aliphatic heterocycles. The maximum atomic E-state index is 12.7. The first kappa shape index (κ1) is 21.9. The molecular formula is C23H27N3O3Se. The Morgan fingerprint density at radius 1 is 1.10 bits per heavy atom. The zero-order valence-corrected chi connectivity index (χ0v) is 19.5.